The molecule has 2 rings (SSSR count). The van der Waals surface area contributed by atoms with Gasteiger partial charge < -0.3 is 10.2 Å². The minimum absolute atomic E-state index is 0.123. The van der Waals surface area contributed by atoms with Gasteiger partial charge in [-0.1, -0.05) is 30.3 Å². The summed E-state index contributed by atoms with van der Waals surface area (Å²) in [5, 5.41) is 18.7. The van der Waals surface area contributed by atoms with Crippen molar-refractivity contribution in [3.05, 3.63) is 54.2 Å². The van der Waals surface area contributed by atoms with E-state index < -0.39 is 30.0 Å². The third-order valence-electron chi connectivity index (χ3n) is 2.79. The summed E-state index contributed by atoms with van der Waals surface area (Å²) in [4.78, 5) is 39.8. The van der Waals surface area contributed by atoms with Gasteiger partial charge in [0, 0.05) is 11.8 Å². The summed E-state index contributed by atoms with van der Waals surface area (Å²) in [6.45, 7) is -0.790. The molecule has 0 radical (unpaired) electrons. The molecule has 7 nitrogen and oxygen atoms in total. The molecule has 112 valence electrons. The van der Waals surface area contributed by atoms with E-state index in [1.54, 1.807) is 18.2 Å². The first-order valence-corrected chi connectivity index (χ1v) is 6.27. The molecule has 0 saturated heterocycles. The van der Waals surface area contributed by atoms with Gasteiger partial charge in [0.15, 0.2) is 11.6 Å². The fourth-order valence-electron chi connectivity index (χ4n) is 1.81. The Morgan fingerprint density at radius 3 is 2.32 bits per heavy atom. The van der Waals surface area contributed by atoms with E-state index in [9.17, 15) is 19.5 Å². The van der Waals surface area contributed by atoms with Gasteiger partial charge in [-0.2, -0.15) is 0 Å². The van der Waals surface area contributed by atoms with Crippen LogP contribution in [0.15, 0.2) is 48.7 Å². The molecule has 0 unspecified atom stereocenters. The number of nitrogens with zero attached hydrogens (tertiary/aromatic N) is 2. The van der Waals surface area contributed by atoms with Gasteiger partial charge in [-0.15, -0.1) is 0 Å². The lowest BCUT2D eigenvalue weighted by Crippen LogP contribution is -2.40. The molecule has 0 saturated carbocycles. The number of hydrogen-bond acceptors (Lipinski definition) is 5. The molecule has 0 aliphatic heterocycles. The summed E-state index contributed by atoms with van der Waals surface area (Å²) >= 11 is 0. The Kier molecular flexibility index (Phi) is 4.47. The Balaban J connectivity index is 2.38. The van der Waals surface area contributed by atoms with E-state index in [-0.39, 0.29) is 11.4 Å². The van der Waals surface area contributed by atoms with Crippen LogP contribution >= 0.6 is 0 Å². The highest BCUT2D eigenvalue weighted by Crippen LogP contribution is 2.24. The Bertz CT molecular complexity index is 715. The third kappa shape index (κ3) is 3.26. The second-order valence-corrected chi connectivity index (χ2v) is 4.33. The molecule has 0 aliphatic rings. The van der Waals surface area contributed by atoms with Crippen LogP contribution < -0.4 is 4.90 Å². The number of aromatic hydroxyl groups is 1. The molecule has 0 fully saturated rings. The van der Waals surface area contributed by atoms with Crippen molar-refractivity contribution < 1.29 is 24.6 Å². The Hall–Kier alpha value is -3.22. The first-order chi connectivity index (χ1) is 10.5. The van der Waals surface area contributed by atoms with Gasteiger partial charge in [0.05, 0.1) is 0 Å². The van der Waals surface area contributed by atoms with E-state index in [1.165, 1.54) is 30.5 Å². The van der Waals surface area contributed by atoms with Gasteiger partial charge in [0.2, 0.25) is 0 Å². The molecular formula is C15H12N2O5. The molecule has 0 spiro atoms. The zero-order chi connectivity index (χ0) is 16.1. The standard InChI is InChI=1S/C15H12N2O5/c18-11-7-4-8-16-14(11)17(9-12(19)20)15(22)13(21)10-5-2-1-3-6-10/h1-8,18H,9H2,(H,19,20). The highest BCUT2D eigenvalue weighted by Gasteiger charge is 2.28. The zero-order valence-corrected chi connectivity index (χ0v) is 11.3. The number of benzene rings is 1. The second kappa shape index (κ2) is 6.49. The molecule has 0 atom stereocenters. The normalized spacial score (nSPS) is 10.0. The number of ketones is 1. The number of pyridine rings is 1. The van der Waals surface area contributed by atoms with Crippen molar-refractivity contribution in [2.75, 3.05) is 11.4 Å². The van der Waals surface area contributed by atoms with Crippen LogP contribution in [0.5, 0.6) is 5.75 Å². The van der Waals surface area contributed by atoms with Crippen molar-refractivity contribution in [3.8, 4) is 5.75 Å². The Morgan fingerprint density at radius 2 is 1.73 bits per heavy atom. The van der Waals surface area contributed by atoms with Crippen molar-refractivity contribution in [2.24, 2.45) is 0 Å². The second-order valence-electron chi connectivity index (χ2n) is 4.33. The fraction of sp³-hybridized carbons (Fsp3) is 0.0667. The van der Waals surface area contributed by atoms with Gasteiger partial charge in [-0.05, 0) is 12.1 Å². The Morgan fingerprint density at radius 1 is 1.05 bits per heavy atom. The first-order valence-electron chi connectivity index (χ1n) is 6.27. The summed E-state index contributed by atoms with van der Waals surface area (Å²) in [6.07, 6.45) is 1.28. The molecule has 1 amide bonds. The number of carbonyl (C=O) groups is 3. The number of amides is 1. The summed E-state index contributed by atoms with van der Waals surface area (Å²) < 4.78 is 0. The predicted molar refractivity (Wildman–Crippen MR) is 76.7 cm³/mol. The summed E-state index contributed by atoms with van der Waals surface area (Å²) in [5.74, 6) is -3.97. The number of rotatable bonds is 5. The molecule has 1 aromatic carbocycles. The van der Waals surface area contributed by atoms with Crippen molar-refractivity contribution in [1.82, 2.24) is 4.98 Å². The molecule has 1 heterocycles. The van der Waals surface area contributed by atoms with E-state index in [0.717, 1.165) is 0 Å². The molecule has 2 N–H and O–H groups in total. The molecule has 7 heteroatoms. The number of carbonyl (C=O) groups excluding carboxylic acids is 2. The first kappa shape index (κ1) is 15.2. The lowest BCUT2D eigenvalue weighted by molar-refractivity contribution is -0.136. The summed E-state index contributed by atoms with van der Waals surface area (Å²) in [5.41, 5.74) is 0.123. The SMILES string of the molecule is O=C(O)CN(C(=O)C(=O)c1ccccc1)c1ncccc1O. The average Bonchev–Trinajstić information content (AvgIpc) is 2.52. The van der Waals surface area contributed by atoms with Crippen molar-refractivity contribution in [2.45, 2.75) is 0 Å². The predicted octanol–water partition coefficient (Wildman–Crippen LogP) is 1.09. The van der Waals surface area contributed by atoms with Crippen molar-refractivity contribution in [3.63, 3.8) is 0 Å². The fourth-order valence-corrected chi connectivity index (χ4v) is 1.81. The van der Waals surface area contributed by atoms with Crippen LogP contribution in [0.25, 0.3) is 0 Å². The van der Waals surface area contributed by atoms with E-state index in [2.05, 4.69) is 4.98 Å². The van der Waals surface area contributed by atoms with Crippen LogP contribution in [-0.4, -0.2) is 39.4 Å². The number of anilines is 1. The Labute approximate surface area is 125 Å². The number of aromatic nitrogens is 1. The highest BCUT2D eigenvalue weighted by molar-refractivity contribution is 6.47. The average molecular weight is 300 g/mol. The number of carboxylic acids is 1. The van der Waals surface area contributed by atoms with Crippen LogP contribution in [0.3, 0.4) is 0 Å². The summed E-state index contributed by atoms with van der Waals surface area (Å²) in [7, 11) is 0. The third-order valence-corrected chi connectivity index (χ3v) is 2.79. The zero-order valence-electron chi connectivity index (χ0n) is 11.3. The maximum absolute atomic E-state index is 12.3. The molecule has 22 heavy (non-hydrogen) atoms. The van der Waals surface area contributed by atoms with Crippen LogP contribution in [0.1, 0.15) is 10.4 Å². The monoisotopic (exact) mass is 300 g/mol. The van der Waals surface area contributed by atoms with E-state index in [0.29, 0.717) is 4.90 Å². The largest absolute Gasteiger partial charge is 0.504 e. The quantitative estimate of drug-likeness (QED) is 0.632. The van der Waals surface area contributed by atoms with E-state index in [4.69, 9.17) is 5.11 Å². The van der Waals surface area contributed by atoms with E-state index in [1.807, 2.05) is 0 Å². The van der Waals surface area contributed by atoms with Gasteiger partial charge in [-0.25, -0.2) is 4.98 Å². The van der Waals surface area contributed by atoms with Crippen molar-refractivity contribution >= 4 is 23.5 Å². The van der Waals surface area contributed by atoms with Gasteiger partial charge >= 0.3 is 11.9 Å². The van der Waals surface area contributed by atoms with Crippen LogP contribution in [0, 0.1) is 0 Å². The lowest BCUT2D eigenvalue weighted by atomic mass is 10.1. The molecule has 2 aromatic rings. The minimum Gasteiger partial charge on any atom is -0.504 e. The van der Waals surface area contributed by atoms with Crippen molar-refractivity contribution in [1.29, 1.82) is 0 Å². The number of hydrogen-bond donors (Lipinski definition) is 2. The number of Topliss-reactive ketones (excluding diaryl/α,β-unsaturated/α-hetero) is 1. The lowest BCUT2D eigenvalue weighted by Gasteiger charge is -2.19. The van der Waals surface area contributed by atoms with Gasteiger partial charge in [0.25, 0.3) is 5.78 Å². The van der Waals surface area contributed by atoms with Gasteiger partial charge in [0.1, 0.15) is 6.54 Å². The highest BCUT2D eigenvalue weighted by atomic mass is 16.4. The summed E-state index contributed by atoms with van der Waals surface area (Å²) in [6, 6.07) is 10.4. The molecule has 1 aromatic heterocycles. The molecular weight excluding hydrogens is 288 g/mol. The minimum atomic E-state index is -1.33. The van der Waals surface area contributed by atoms with Crippen LogP contribution in [0.2, 0.25) is 0 Å². The van der Waals surface area contributed by atoms with Gasteiger partial charge in [-0.3, -0.25) is 19.3 Å². The maximum Gasteiger partial charge on any atom is 0.323 e. The smallest absolute Gasteiger partial charge is 0.323 e. The number of aliphatic carboxylic acids is 1. The number of carboxylic acid groups (broad SMARTS) is 1. The molecule has 0 bridgehead atoms. The molecule has 0 aliphatic carbocycles. The van der Waals surface area contributed by atoms with Crippen LogP contribution in [0.4, 0.5) is 5.82 Å². The maximum atomic E-state index is 12.3. The van der Waals surface area contributed by atoms with E-state index >= 15 is 0 Å². The topological polar surface area (TPSA) is 108 Å². The van der Waals surface area contributed by atoms with Crippen LogP contribution in [-0.2, 0) is 9.59 Å².